The number of hydrogen-bond donors (Lipinski definition) is 1. The van der Waals surface area contributed by atoms with Crippen molar-refractivity contribution in [2.45, 2.75) is 6.92 Å². The van der Waals surface area contributed by atoms with Crippen LogP contribution in [0.4, 0.5) is 11.4 Å². The molecule has 4 heteroatoms. The number of aromatic nitrogens is 1. The molecule has 3 rings (SSSR count). The fourth-order valence-corrected chi connectivity index (χ4v) is 1.95. The summed E-state index contributed by atoms with van der Waals surface area (Å²) in [5.41, 5.74) is 4.01. The van der Waals surface area contributed by atoms with Crippen LogP contribution in [0.2, 0.25) is 0 Å². The minimum absolute atomic E-state index is 0.628. The van der Waals surface area contributed by atoms with Crippen LogP contribution < -0.4 is 5.32 Å². The standard InChI is InChI=1S/C15H11N3O/c1-10-17-14-8-13(5-6-15(14)19-10)18-12-4-2-3-11(7-12)9-16/h2-8,18H,1H3. The van der Waals surface area contributed by atoms with Gasteiger partial charge in [0.25, 0.3) is 0 Å². The number of nitriles is 1. The Hall–Kier alpha value is -2.80. The molecule has 0 bridgehead atoms. The van der Waals surface area contributed by atoms with Gasteiger partial charge in [0, 0.05) is 18.3 Å². The lowest BCUT2D eigenvalue weighted by molar-refractivity contribution is 0.561. The highest BCUT2D eigenvalue weighted by atomic mass is 16.3. The normalized spacial score (nSPS) is 10.3. The van der Waals surface area contributed by atoms with Gasteiger partial charge in [0.05, 0.1) is 11.6 Å². The van der Waals surface area contributed by atoms with E-state index in [1.165, 1.54) is 0 Å². The van der Waals surface area contributed by atoms with E-state index in [-0.39, 0.29) is 0 Å². The Bertz CT molecular complexity index is 783. The molecule has 3 aromatic rings. The Morgan fingerprint density at radius 1 is 1.16 bits per heavy atom. The molecule has 1 aromatic heterocycles. The molecule has 1 N–H and O–H groups in total. The van der Waals surface area contributed by atoms with Crippen LogP contribution in [-0.2, 0) is 0 Å². The van der Waals surface area contributed by atoms with Crippen LogP contribution in [0.1, 0.15) is 11.5 Å². The topological polar surface area (TPSA) is 61.9 Å². The predicted molar refractivity (Wildman–Crippen MR) is 73.2 cm³/mol. The molecule has 1 heterocycles. The van der Waals surface area contributed by atoms with Gasteiger partial charge >= 0.3 is 0 Å². The number of aryl methyl sites for hydroxylation is 1. The van der Waals surface area contributed by atoms with E-state index in [0.29, 0.717) is 11.5 Å². The maximum Gasteiger partial charge on any atom is 0.192 e. The molecule has 0 spiro atoms. The van der Waals surface area contributed by atoms with Crippen molar-refractivity contribution in [3.05, 3.63) is 53.9 Å². The fraction of sp³-hybridized carbons (Fsp3) is 0.0667. The summed E-state index contributed by atoms with van der Waals surface area (Å²) < 4.78 is 5.43. The number of benzene rings is 2. The van der Waals surface area contributed by atoms with Crippen molar-refractivity contribution in [3.63, 3.8) is 0 Å². The van der Waals surface area contributed by atoms with Gasteiger partial charge in [-0.25, -0.2) is 4.98 Å². The van der Waals surface area contributed by atoms with Crippen molar-refractivity contribution in [1.29, 1.82) is 5.26 Å². The third kappa shape index (κ3) is 2.26. The molecule has 0 saturated carbocycles. The number of nitrogens with zero attached hydrogens (tertiary/aromatic N) is 2. The molecular weight excluding hydrogens is 238 g/mol. The molecule has 0 aliphatic heterocycles. The lowest BCUT2D eigenvalue weighted by atomic mass is 10.2. The maximum absolute atomic E-state index is 8.87. The lowest BCUT2D eigenvalue weighted by Gasteiger charge is -2.06. The van der Waals surface area contributed by atoms with Crippen molar-refractivity contribution in [1.82, 2.24) is 4.98 Å². The molecule has 0 unspecified atom stereocenters. The second kappa shape index (κ2) is 4.46. The quantitative estimate of drug-likeness (QED) is 0.751. The summed E-state index contributed by atoms with van der Waals surface area (Å²) in [6, 6.07) is 15.2. The average Bonchev–Trinajstić information content (AvgIpc) is 2.78. The van der Waals surface area contributed by atoms with Crippen molar-refractivity contribution in [3.8, 4) is 6.07 Å². The first-order valence-corrected chi connectivity index (χ1v) is 5.89. The molecular formula is C15H11N3O. The number of oxazole rings is 1. The van der Waals surface area contributed by atoms with E-state index in [2.05, 4.69) is 16.4 Å². The van der Waals surface area contributed by atoms with Gasteiger partial charge in [-0.2, -0.15) is 5.26 Å². The first-order chi connectivity index (χ1) is 9.24. The van der Waals surface area contributed by atoms with Gasteiger partial charge in [-0.15, -0.1) is 0 Å². The fourth-order valence-electron chi connectivity index (χ4n) is 1.95. The molecule has 0 radical (unpaired) electrons. The summed E-state index contributed by atoms with van der Waals surface area (Å²) in [6.45, 7) is 1.82. The Morgan fingerprint density at radius 3 is 2.84 bits per heavy atom. The smallest absolute Gasteiger partial charge is 0.192 e. The van der Waals surface area contributed by atoms with Crippen LogP contribution in [0.15, 0.2) is 46.9 Å². The highest BCUT2D eigenvalue weighted by molar-refractivity contribution is 5.79. The number of fused-ring (bicyclic) bond motifs is 1. The van der Waals surface area contributed by atoms with Crippen molar-refractivity contribution in [2.75, 3.05) is 5.32 Å². The molecule has 92 valence electrons. The van der Waals surface area contributed by atoms with Crippen molar-refractivity contribution >= 4 is 22.5 Å². The molecule has 0 aliphatic carbocycles. The summed E-state index contributed by atoms with van der Waals surface area (Å²) >= 11 is 0. The molecule has 4 nitrogen and oxygen atoms in total. The van der Waals surface area contributed by atoms with Gasteiger partial charge in [0.15, 0.2) is 11.5 Å². The van der Waals surface area contributed by atoms with Crippen LogP contribution in [0.25, 0.3) is 11.1 Å². The van der Waals surface area contributed by atoms with E-state index in [1.807, 2.05) is 37.3 Å². The zero-order valence-electron chi connectivity index (χ0n) is 10.3. The van der Waals surface area contributed by atoms with E-state index in [1.54, 1.807) is 12.1 Å². The Balaban J connectivity index is 1.94. The van der Waals surface area contributed by atoms with Crippen molar-refractivity contribution in [2.24, 2.45) is 0 Å². The molecule has 0 atom stereocenters. The lowest BCUT2D eigenvalue weighted by Crippen LogP contribution is -1.90. The molecule has 0 fully saturated rings. The third-order valence-electron chi connectivity index (χ3n) is 2.77. The largest absolute Gasteiger partial charge is 0.441 e. The second-order valence-corrected chi connectivity index (χ2v) is 4.23. The van der Waals surface area contributed by atoms with E-state index in [0.717, 1.165) is 22.5 Å². The van der Waals surface area contributed by atoms with Gasteiger partial charge in [0.2, 0.25) is 0 Å². The highest BCUT2D eigenvalue weighted by Crippen LogP contribution is 2.23. The molecule has 0 aliphatic rings. The van der Waals surface area contributed by atoms with Crippen LogP contribution in [0, 0.1) is 18.3 Å². The zero-order valence-corrected chi connectivity index (χ0v) is 10.3. The SMILES string of the molecule is Cc1nc2cc(Nc3cccc(C#N)c3)ccc2o1. The predicted octanol–water partition coefficient (Wildman–Crippen LogP) is 3.75. The Kier molecular flexibility index (Phi) is 2.66. The molecule has 2 aromatic carbocycles. The number of rotatable bonds is 2. The van der Waals surface area contributed by atoms with Gasteiger partial charge in [-0.05, 0) is 36.4 Å². The van der Waals surface area contributed by atoms with Crippen molar-refractivity contribution < 1.29 is 4.42 Å². The van der Waals surface area contributed by atoms with Gasteiger partial charge in [-0.1, -0.05) is 6.07 Å². The summed E-state index contributed by atoms with van der Waals surface area (Å²) in [5.74, 6) is 0.652. The minimum Gasteiger partial charge on any atom is -0.441 e. The first-order valence-electron chi connectivity index (χ1n) is 5.89. The number of hydrogen-bond acceptors (Lipinski definition) is 4. The zero-order chi connectivity index (χ0) is 13.2. The number of anilines is 2. The summed E-state index contributed by atoms with van der Waals surface area (Å²) in [7, 11) is 0. The van der Waals surface area contributed by atoms with E-state index < -0.39 is 0 Å². The van der Waals surface area contributed by atoms with Crippen LogP contribution >= 0.6 is 0 Å². The first kappa shape index (κ1) is 11.3. The Morgan fingerprint density at radius 2 is 2.00 bits per heavy atom. The summed E-state index contributed by atoms with van der Waals surface area (Å²) in [6.07, 6.45) is 0. The molecule has 19 heavy (non-hydrogen) atoms. The monoisotopic (exact) mass is 249 g/mol. The second-order valence-electron chi connectivity index (χ2n) is 4.23. The average molecular weight is 249 g/mol. The van der Waals surface area contributed by atoms with Crippen LogP contribution in [-0.4, -0.2) is 4.98 Å². The van der Waals surface area contributed by atoms with E-state index in [9.17, 15) is 0 Å². The minimum atomic E-state index is 0.628. The third-order valence-corrected chi connectivity index (χ3v) is 2.77. The van der Waals surface area contributed by atoms with Crippen LogP contribution in [0.3, 0.4) is 0 Å². The van der Waals surface area contributed by atoms with Gasteiger partial charge in [0.1, 0.15) is 5.52 Å². The molecule has 0 saturated heterocycles. The van der Waals surface area contributed by atoms with E-state index in [4.69, 9.17) is 9.68 Å². The summed E-state index contributed by atoms with van der Waals surface area (Å²) in [4.78, 5) is 4.29. The molecule has 0 amide bonds. The Labute approximate surface area is 110 Å². The van der Waals surface area contributed by atoms with Gasteiger partial charge < -0.3 is 9.73 Å². The number of nitrogens with one attached hydrogen (secondary N) is 1. The maximum atomic E-state index is 8.87. The highest BCUT2D eigenvalue weighted by Gasteiger charge is 2.03. The summed E-state index contributed by atoms with van der Waals surface area (Å²) in [5, 5.41) is 12.1. The van der Waals surface area contributed by atoms with E-state index >= 15 is 0 Å². The van der Waals surface area contributed by atoms with Crippen LogP contribution in [0.5, 0.6) is 0 Å². The van der Waals surface area contributed by atoms with Gasteiger partial charge in [-0.3, -0.25) is 0 Å².